The first-order chi connectivity index (χ1) is 17.1. The van der Waals surface area contributed by atoms with Gasteiger partial charge in [0.15, 0.2) is 0 Å². The van der Waals surface area contributed by atoms with Gasteiger partial charge in [-0.25, -0.2) is 9.59 Å². The van der Waals surface area contributed by atoms with Crippen molar-refractivity contribution < 1.29 is 14.7 Å². The number of nitrogens with one attached hydrogen (secondary N) is 2. The van der Waals surface area contributed by atoms with Crippen LogP contribution in [0.25, 0.3) is 10.9 Å². The summed E-state index contributed by atoms with van der Waals surface area (Å²) in [4.78, 5) is 26.5. The van der Waals surface area contributed by atoms with E-state index < -0.39 is 6.09 Å². The normalized spacial score (nSPS) is 15.0. The number of benzene rings is 3. The number of hydrogen-bond acceptors (Lipinski definition) is 4. The third-order valence-corrected chi connectivity index (χ3v) is 6.51. The average Bonchev–Trinajstić information content (AvgIpc) is 3.32. The zero-order valence-electron chi connectivity index (χ0n) is 19.2. The highest BCUT2D eigenvalue weighted by Gasteiger charge is 2.26. The van der Waals surface area contributed by atoms with Crippen molar-refractivity contribution in [1.82, 2.24) is 15.1 Å². The standard InChI is InChI=1S/C27H27N5O3/c33-26(30-23-10-6-12-25-22(23)18-29-32(25)27(34)35)28-17-21-14-13-20-9-4-5-11-24(20)31(21)16-15-19-7-2-1-3-8-19/h1-12,18,21H,13-17H2,(H,34,35)(H2,28,30,33). The molecule has 1 aromatic heterocycles. The molecule has 0 saturated carbocycles. The van der Waals surface area contributed by atoms with Crippen LogP contribution in [0.15, 0.2) is 79.0 Å². The third-order valence-electron chi connectivity index (χ3n) is 6.51. The van der Waals surface area contributed by atoms with Gasteiger partial charge in [-0.05, 0) is 48.6 Å². The summed E-state index contributed by atoms with van der Waals surface area (Å²) < 4.78 is 0.891. The summed E-state index contributed by atoms with van der Waals surface area (Å²) in [6.07, 6.45) is 3.12. The molecule has 1 aliphatic heterocycles. The second kappa shape index (κ2) is 9.89. The van der Waals surface area contributed by atoms with Crippen LogP contribution in [0.1, 0.15) is 17.5 Å². The topological polar surface area (TPSA) is 99.5 Å². The van der Waals surface area contributed by atoms with E-state index in [1.165, 1.54) is 23.0 Å². The number of carboxylic acid groups (broad SMARTS) is 1. The van der Waals surface area contributed by atoms with Crippen LogP contribution >= 0.6 is 0 Å². The van der Waals surface area contributed by atoms with Crippen molar-refractivity contribution in [3.63, 3.8) is 0 Å². The summed E-state index contributed by atoms with van der Waals surface area (Å²) >= 11 is 0. The van der Waals surface area contributed by atoms with Crippen LogP contribution in [-0.4, -0.2) is 46.1 Å². The first-order valence-electron chi connectivity index (χ1n) is 11.7. The third kappa shape index (κ3) is 4.82. The molecule has 1 aliphatic rings. The molecule has 0 radical (unpaired) electrons. The predicted octanol–water partition coefficient (Wildman–Crippen LogP) is 4.75. The number of amides is 2. The van der Waals surface area contributed by atoms with Gasteiger partial charge in [0, 0.05) is 30.2 Å². The van der Waals surface area contributed by atoms with Crippen LogP contribution in [0.3, 0.4) is 0 Å². The van der Waals surface area contributed by atoms with Gasteiger partial charge in [0.05, 0.1) is 17.4 Å². The zero-order valence-corrected chi connectivity index (χ0v) is 19.2. The van der Waals surface area contributed by atoms with E-state index in [-0.39, 0.29) is 12.1 Å². The number of fused-ring (bicyclic) bond motifs is 2. The number of aromatic nitrogens is 2. The Hall–Kier alpha value is -4.33. The highest BCUT2D eigenvalue weighted by molar-refractivity contribution is 6.02. The van der Waals surface area contributed by atoms with Crippen LogP contribution < -0.4 is 15.5 Å². The molecule has 8 nitrogen and oxygen atoms in total. The number of carbonyl (C=O) groups excluding carboxylic acids is 1. The summed E-state index contributed by atoms with van der Waals surface area (Å²) in [5.74, 6) is 0. The number of nitrogens with zero attached hydrogens (tertiary/aromatic N) is 3. The Morgan fingerprint density at radius 1 is 1.00 bits per heavy atom. The molecule has 5 rings (SSSR count). The molecule has 0 spiro atoms. The zero-order chi connectivity index (χ0) is 24.2. The minimum Gasteiger partial charge on any atom is -0.463 e. The van der Waals surface area contributed by atoms with Gasteiger partial charge in [0.1, 0.15) is 0 Å². The van der Waals surface area contributed by atoms with E-state index in [1.54, 1.807) is 18.2 Å². The van der Waals surface area contributed by atoms with Gasteiger partial charge < -0.3 is 20.6 Å². The first kappa shape index (κ1) is 22.5. The van der Waals surface area contributed by atoms with Crippen LogP contribution in [0.5, 0.6) is 0 Å². The van der Waals surface area contributed by atoms with Gasteiger partial charge >= 0.3 is 12.1 Å². The molecule has 0 fully saturated rings. The minimum atomic E-state index is -1.17. The molecule has 35 heavy (non-hydrogen) atoms. The summed E-state index contributed by atoms with van der Waals surface area (Å²) in [6, 6.07) is 23.8. The number of aryl methyl sites for hydroxylation is 1. The van der Waals surface area contributed by atoms with E-state index in [0.717, 1.165) is 30.5 Å². The van der Waals surface area contributed by atoms with Gasteiger partial charge in [-0.15, -0.1) is 0 Å². The number of rotatable bonds is 6. The number of anilines is 2. The second-order valence-corrected chi connectivity index (χ2v) is 8.66. The maximum Gasteiger partial charge on any atom is 0.432 e. The lowest BCUT2D eigenvalue weighted by Crippen LogP contribution is -2.48. The lowest BCUT2D eigenvalue weighted by Gasteiger charge is -2.39. The fourth-order valence-corrected chi connectivity index (χ4v) is 4.78. The van der Waals surface area contributed by atoms with E-state index in [1.807, 2.05) is 6.07 Å². The lowest BCUT2D eigenvalue weighted by atomic mass is 9.95. The molecule has 2 heterocycles. The first-order valence-corrected chi connectivity index (χ1v) is 11.7. The van der Waals surface area contributed by atoms with E-state index >= 15 is 0 Å². The predicted molar refractivity (Wildman–Crippen MR) is 136 cm³/mol. The van der Waals surface area contributed by atoms with E-state index in [2.05, 4.69) is 69.2 Å². The Balaban J connectivity index is 1.27. The van der Waals surface area contributed by atoms with Crippen molar-refractivity contribution in [2.45, 2.75) is 25.3 Å². The Morgan fingerprint density at radius 3 is 2.63 bits per heavy atom. The molecule has 3 N–H and O–H groups in total. The van der Waals surface area contributed by atoms with Gasteiger partial charge in [0.25, 0.3) is 0 Å². The second-order valence-electron chi connectivity index (χ2n) is 8.66. The molecule has 3 aromatic carbocycles. The quantitative estimate of drug-likeness (QED) is 0.379. The van der Waals surface area contributed by atoms with Crippen molar-refractivity contribution in [3.8, 4) is 0 Å². The summed E-state index contributed by atoms with van der Waals surface area (Å²) in [5.41, 5.74) is 4.79. The van der Waals surface area contributed by atoms with Crippen LogP contribution in [0.4, 0.5) is 21.0 Å². The van der Waals surface area contributed by atoms with Crippen molar-refractivity contribution in [2.24, 2.45) is 0 Å². The highest BCUT2D eigenvalue weighted by Crippen LogP contribution is 2.30. The fourth-order valence-electron chi connectivity index (χ4n) is 4.78. The van der Waals surface area contributed by atoms with Crippen molar-refractivity contribution in [1.29, 1.82) is 0 Å². The number of para-hydroxylation sites is 1. The van der Waals surface area contributed by atoms with Crippen molar-refractivity contribution in [2.75, 3.05) is 23.3 Å². The molecule has 0 aliphatic carbocycles. The van der Waals surface area contributed by atoms with Crippen molar-refractivity contribution in [3.05, 3.63) is 90.1 Å². The number of carbonyl (C=O) groups is 2. The Morgan fingerprint density at radius 2 is 1.80 bits per heavy atom. The highest BCUT2D eigenvalue weighted by atomic mass is 16.4. The maximum absolute atomic E-state index is 12.8. The summed E-state index contributed by atoms with van der Waals surface area (Å²) in [6.45, 7) is 1.36. The summed E-state index contributed by atoms with van der Waals surface area (Å²) in [5, 5.41) is 19.6. The molecular weight excluding hydrogens is 442 g/mol. The maximum atomic E-state index is 12.8. The smallest absolute Gasteiger partial charge is 0.432 e. The average molecular weight is 470 g/mol. The molecule has 0 bridgehead atoms. The van der Waals surface area contributed by atoms with Crippen LogP contribution in [0.2, 0.25) is 0 Å². The molecule has 0 saturated heterocycles. The Bertz CT molecular complexity index is 1350. The van der Waals surface area contributed by atoms with E-state index in [4.69, 9.17) is 0 Å². The van der Waals surface area contributed by atoms with Gasteiger partial charge in [0.2, 0.25) is 0 Å². The number of hydrogen-bond donors (Lipinski definition) is 3. The Kier molecular flexibility index (Phi) is 6.34. The van der Waals surface area contributed by atoms with E-state index in [9.17, 15) is 14.7 Å². The van der Waals surface area contributed by atoms with Crippen molar-refractivity contribution >= 4 is 34.4 Å². The molecule has 1 unspecified atom stereocenters. The molecule has 2 amide bonds. The fraction of sp³-hybridized carbons (Fsp3) is 0.222. The molecular formula is C27H27N5O3. The SMILES string of the molecule is O=C(NCC1CCc2ccccc2N1CCc1ccccc1)Nc1cccc2c1cnn2C(=O)O. The van der Waals surface area contributed by atoms with Gasteiger partial charge in [-0.3, -0.25) is 0 Å². The van der Waals surface area contributed by atoms with E-state index in [0.29, 0.717) is 23.1 Å². The minimum absolute atomic E-state index is 0.171. The molecule has 1 atom stereocenters. The molecule has 4 aromatic rings. The van der Waals surface area contributed by atoms with Crippen LogP contribution in [0, 0.1) is 0 Å². The molecule has 178 valence electrons. The molecule has 8 heteroatoms. The largest absolute Gasteiger partial charge is 0.463 e. The lowest BCUT2D eigenvalue weighted by molar-refractivity contribution is 0.194. The van der Waals surface area contributed by atoms with Gasteiger partial charge in [-0.2, -0.15) is 9.78 Å². The number of urea groups is 1. The summed E-state index contributed by atoms with van der Waals surface area (Å²) in [7, 11) is 0. The van der Waals surface area contributed by atoms with Crippen LogP contribution in [-0.2, 0) is 12.8 Å². The van der Waals surface area contributed by atoms with Gasteiger partial charge in [-0.1, -0.05) is 54.6 Å². The Labute approximate surface area is 203 Å². The monoisotopic (exact) mass is 469 g/mol.